The normalized spacial score (nSPS) is 15.6. The Hall–Kier alpha value is -1.58. The van der Waals surface area contributed by atoms with E-state index in [9.17, 15) is 4.39 Å². The maximum absolute atomic E-state index is 13.7. The van der Waals surface area contributed by atoms with Gasteiger partial charge in [0.2, 0.25) is 0 Å². The van der Waals surface area contributed by atoms with Gasteiger partial charge in [-0.1, -0.05) is 62.4 Å². The predicted molar refractivity (Wildman–Crippen MR) is 107 cm³/mol. The third-order valence-electron chi connectivity index (χ3n) is 4.95. The van der Waals surface area contributed by atoms with Crippen molar-refractivity contribution in [1.82, 2.24) is 5.32 Å². The van der Waals surface area contributed by atoms with Gasteiger partial charge in [-0.25, -0.2) is 4.39 Å². The molecular formula is C22H29ClFNO. The average Bonchev–Trinajstić information content (AvgIpc) is 2.60. The third-order valence-corrected chi connectivity index (χ3v) is 4.95. The van der Waals surface area contributed by atoms with E-state index < -0.39 is 0 Å². The lowest BCUT2D eigenvalue weighted by molar-refractivity contribution is 0.299. The molecular weight excluding hydrogens is 349 g/mol. The lowest BCUT2D eigenvalue weighted by Gasteiger charge is -2.21. The Balaban J connectivity index is 0.00000243. The molecule has 0 saturated heterocycles. The Bertz CT molecular complexity index is 656. The van der Waals surface area contributed by atoms with E-state index in [0.29, 0.717) is 11.6 Å². The molecule has 1 N–H and O–H groups in total. The summed E-state index contributed by atoms with van der Waals surface area (Å²) in [4.78, 5) is 0. The summed E-state index contributed by atoms with van der Waals surface area (Å²) in [5.41, 5.74) is 1.80. The summed E-state index contributed by atoms with van der Waals surface area (Å²) in [6.07, 6.45) is 9.38. The van der Waals surface area contributed by atoms with Gasteiger partial charge in [0.1, 0.15) is 18.2 Å². The molecule has 0 aromatic heterocycles. The van der Waals surface area contributed by atoms with Crippen LogP contribution in [0.15, 0.2) is 48.5 Å². The van der Waals surface area contributed by atoms with Gasteiger partial charge >= 0.3 is 0 Å². The molecule has 1 aliphatic rings. The molecule has 0 atom stereocenters. The highest BCUT2D eigenvalue weighted by molar-refractivity contribution is 5.85. The van der Waals surface area contributed by atoms with E-state index in [1.807, 2.05) is 18.2 Å². The Morgan fingerprint density at radius 1 is 0.923 bits per heavy atom. The summed E-state index contributed by atoms with van der Waals surface area (Å²) in [6, 6.07) is 15.5. The van der Waals surface area contributed by atoms with E-state index >= 15 is 0 Å². The first-order valence-corrected chi connectivity index (χ1v) is 9.50. The Morgan fingerprint density at radius 3 is 2.42 bits per heavy atom. The standard InChI is InChI=1S/C22H28FNO.ClH/c23-22-14-7-6-10-19(22)17-25-21-13-8-9-18(15-21)16-24-20-11-4-2-1-3-5-12-20;/h6-10,13-15,20,24H,1-5,11-12,16-17H2;1H. The average molecular weight is 378 g/mol. The van der Waals surface area contributed by atoms with E-state index in [1.54, 1.807) is 12.1 Å². The minimum atomic E-state index is -0.218. The molecule has 1 aliphatic carbocycles. The van der Waals surface area contributed by atoms with Crippen LogP contribution in [0.2, 0.25) is 0 Å². The van der Waals surface area contributed by atoms with E-state index in [4.69, 9.17) is 4.74 Å². The van der Waals surface area contributed by atoms with Crippen LogP contribution < -0.4 is 10.1 Å². The summed E-state index contributed by atoms with van der Waals surface area (Å²) in [7, 11) is 0. The Kier molecular flexibility index (Phi) is 8.93. The summed E-state index contributed by atoms with van der Waals surface area (Å²) in [5, 5.41) is 3.70. The number of hydrogen-bond acceptors (Lipinski definition) is 2. The van der Waals surface area contributed by atoms with Crippen LogP contribution in [0.5, 0.6) is 5.75 Å². The topological polar surface area (TPSA) is 21.3 Å². The summed E-state index contributed by atoms with van der Waals surface area (Å²) < 4.78 is 19.4. The quantitative estimate of drug-likeness (QED) is 0.663. The van der Waals surface area contributed by atoms with Gasteiger partial charge in [-0.2, -0.15) is 0 Å². The van der Waals surface area contributed by atoms with Crippen LogP contribution in [0, 0.1) is 5.82 Å². The first-order valence-electron chi connectivity index (χ1n) is 9.50. The number of nitrogens with one attached hydrogen (secondary N) is 1. The monoisotopic (exact) mass is 377 g/mol. The van der Waals surface area contributed by atoms with Crippen molar-refractivity contribution >= 4 is 12.4 Å². The second kappa shape index (κ2) is 11.2. The van der Waals surface area contributed by atoms with Crippen molar-refractivity contribution in [2.24, 2.45) is 0 Å². The largest absolute Gasteiger partial charge is 0.489 e. The van der Waals surface area contributed by atoms with E-state index in [0.717, 1.165) is 12.3 Å². The van der Waals surface area contributed by atoms with Crippen LogP contribution in [0.4, 0.5) is 4.39 Å². The lowest BCUT2D eigenvalue weighted by Crippen LogP contribution is -2.29. The van der Waals surface area contributed by atoms with Crippen LogP contribution in [-0.4, -0.2) is 6.04 Å². The van der Waals surface area contributed by atoms with Crippen molar-refractivity contribution in [2.45, 2.75) is 64.1 Å². The Labute approximate surface area is 162 Å². The number of halogens is 2. The molecule has 2 aromatic rings. The second-order valence-electron chi connectivity index (χ2n) is 6.95. The maximum Gasteiger partial charge on any atom is 0.129 e. The van der Waals surface area contributed by atoms with Crippen molar-refractivity contribution in [3.63, 3.8) is 0 Å². The molecule has 0 spiro atoms. The SMILES string of the molecule is Cl.Fc1ccccc1COc1cccc(CNC2CCCCCCC2)c1. The van der Waals surface area contributed by atoms with Gasteiger partial charge in [-0.05, 0) is 36.6 Å². The highest BCUT2D eigenvalue weighted by Crippen LogP contribution is 2.19. The third kappa shape index (κ3) is 6.62. The van der Waals surface area contributed by atoms with E-state index in [1.165, 1.54) is 56.6 Å². The number of benzene rings is 2. The molecule has 1 saturated carbocycles. The van der Waals surface area contributed by atoms with Gasteiger partial charge in [-0.15, -0.1) is 12.4 Å². The van der Waals surface area contributed by atoms with Gasteiger partial charge in [-0.3, -0.25) is 0 Å². The molecule has 0 bridgehead atoms. The first kappa shape index (κ1) is 20.7. The minimum absolute atomic E-state index is 0. The molecule has 2 nitrogen and oxygen atoms in total. The smallest absolute Gasteiger partial charge is 0.129 e. The molecule has 3 rings (SSSR count). The van der Waals surface area contributed by atoms with Gasteiger partial charge in [0.15, 0.2) is 0 Å². The number of rotatable bonds is 6. The summed E-state index contributed by atoms with van der Waals surface area (Å²) in [5.74, 6) is 0.574. The van der Waals surface area contributed by atoms with Gasteiger partial charge in [0.25, 0.3) is 0 Å². The summed E-state index contributed by atoms with van der Waals surface area (Å²) in [6.45, 7) is 1.12. The van der Waals surface area contributed by atoms with Crippen molar-refractivity contribution < 1.29 is 9.13 Å². The zero-order valence-corrected chi connectivity index (χ0v) is 16.1. The molecule has 142 valence electrons. The molecule has 4 heteroatoms. The predicted octanol–water partition coefficient (Wildman–Crippen LogP) is 6.03. The van der Waals surface area contributed by atoms with Crippen LogP contribution in [-0.2, 0) is 13.2 Å². The molecule has 0 unspecified atom stereocenters. The zero-order valence-electron chi connectivity index (χ0n) is 15.3. The second-order valence-corrected chi connectivity index (χ2v) is 6.95. The number of hydrogen-bond donors (Lipinski definition) is 1. The van der Waals surface area contributed by atoms with Crippen molar-refractivity contribution in [1.29, 1.82) is 0 Å². The van der Waals surface area contributed by atoms with Crippen LogP contribution in [0.25, 0.3) is 0 Å². The van der Waals surface area contributed by atoms with Gasteiger partial charge in [0, 0.05) is 18.2 Å². The van der Waals surface area contributed by atoms with E-state index in [-0.39, 0.29) is 24.8 Å². The zero-order chi connectivity index (χ0) is 17.3. The highest BCUT2D eigenvalue weighted by Gasteiger charge is 2.10. The molecule has 0 heterocycles. The fourth-order valence-electron chi connectivity index (χ4n) is 3.44. The molecule has 1 fully saturated rings. The lowest BCUT2D eigenvalue weighted by atomic mass is 9.96. The van der Waals surface area contributed by atoms with Crippen LogP contribution in [0.1, 0.15) is 56.1 Å². The first-order chi connectivity index (χ1) is 12.3. The molecule has 0 aliphatic heterocycles. The van der Waals surface area contributed by atoms with E-state index in [2.05, 4.69) is 17.4 Å². The van der Waals surface area contributed by atoms with Crippen molar-refractivity contribution in [3.05, 3.63) is 65.5 Å². The highest BCUT2D eigenvalue weighted by atomic mass is 35.5. The summed E-state index contributed by atoms with van der Waals surface area (Å²) >= 11 is 0. The van der Waals surface area contributed by atoms with Crippen LogP contribution >= 0.6 is 12.4 Å². The molecule has 26 heavy (non-hydrogen) atoms. The molecule has 2 aromatic carbocycles. The van der Waals surface area contributed by atoms with Crippen molar-refractivity contribution in [2.75, 3.05) is 0 Å². The van der Waals surface area contributed by atoms with Gasteiger partial charge < -0.3 is 10.1 Å². The Morgan fingerprint density at radius 2 is 1.65 bits per heavy atom. The minimum Gasteiger partial charge on any atom is -0.489 e. The fourth-order valence-corrected chi connectivity index (χ4v) is 3.44. The van der Waals surface area contributed by atoms with Gasteiger partial charge in [0.05, 0.1) is 0 Å². The maximum atomic E-state index is 13.7. The fraction of sp³-hybridized carbons (Fsp3) is 0.455. The van der Waals surface area contributed by atoms with Crippen LogP contribution in [0.3, 0.4) is 0 Å². The molecule has 0 amide bonds. The van der Waals surface area contributed by atoms with Crippen molar-refractivity contribution in [3.8, 4) is 5.75 Å². The molecule has 0 radical (unpaired) electrons. The number of ether oxygens (including phenoxy) is 1.